The minimum atomic E-state index is 0.0227. The van der Waals surface area contributed by atoms with E-state index in [0.717, 1.165) is 16.9 Å². The zero-order valence-electron chi connectivity index (χ0n) is 12.8. The fourth-order valence-electron chi connectivity index (χ4n) is 2.78. The number of aliphatic imine (C=N–C) groups is 1. The van der Waals surface area contributed by atoms with Gasteiger partial charge in [-0.1, -0.05) is 46.8 Å². The molecule has 0 saturated carbocycles. The summed E-state index contributed by atoms with van der Waals surface area (Å²) in [6.45, 7) is 10.8. The van der Waals surface area contributed by atoms with Crippen molar-refractivity contribution in [3.63, 3.8) is 0 Å². The summed E-state index contributed by atoms with van der Waals surface area (Å²) in [6, 6.07) is 5.65. The molecule has 0 bridgehead atoms. The van der Waals surface area contributed by atoms with E-state index in [4.69, 9.17) is 15.9 Å². The highest BCUT2D eigenvalue weighted by molar-refractivity contribution is 6.22. The van der Waals surface area contributed by atoms with Crippen LogP contribution in [0.15, 0.2) is 23.2 Å². The van der Waals surface area contributed by atoms with Crippen molar-refractivity contribution in [2.45, 2.75) is 40.7 Å². The predicted octanol–water partition coefficient (Wildman–Crippen LogP) is 3.18. The predicted molar refractivity (Wildman–Crippen MR) is 82.7 cm³/mol. The summed E-state index contributed by atoms with van der Waals surface area (Å²) in [5.41, 5.74) is 7.45. The fraction of sp³-hybridized carbons (Fsp3) is 0.500. The zero-order valence-corrected chi connectivity index (χ0v) is 12.8. The van der Waals surface area contributed by atoms with Crippen molar-refractivity contribution in [1.82, 2.24) is 0 Å². The van der Waals surface area contributed by atoms with E-state index < -0.39 is 0 Å². The van der Waals surface area contributed by atoms with Gasteiger partial charge < -0.3 is 10.5 Å². The Balaban J connectivity index is 2.41. The highest BCUT2D eigenvalue weighted by Gasteiger charge is 2.31. The van der Waals surface area contributed by atoms with Crippen LogP contribution in [0.25, 0.3) is 0 Å². The summed E-state index contributed by atoms with van der Waals surface area (Å²) >= 11 is 0. The lowest BCUT2D eigenvalue weighted by molar-refractivity contribution is 0.0471. The van der Waals surface area contributed by atoms with Crippen LogP contribution >= 0.6 is 0 Å². The van der Waals surface area contributed by atoms with Crippen molar-refractivity contribution in [2.24, 2.45) is 22.1 Å². The van der Waals surface area contributed by atoms with Gasteiger partial charge in [0.1, 0.15) is 17.7 Å². The third kappa shape index (κ3) is 2.55. The number of ether oxygens (including phenoxy) is 1. The van der Waals surface area contributed by atoms with Gasteiger partial charge in [-0.2, -0.15) is 0 Å². The molecule has 1 aliphatic heterocycles. The molecule has 0 spiro atoms. The van der Waals surface area contributed by atoms with Crippen LogP contribution in [0.3, 0.4) is 0 Å². The molecular weight excluding hydrogens is 250 g/mol. The minimum Gasteiger partial charge on any atom is -0.489 e. The molecule has 0 radical (unpaired) electrons. The number of rotatable bonds is 3. The average molecular weight is 273 g/mol. The molecule has 1 aromatic rings. The number of nitrogens with two attached hydrogens (primary N) is 1. The first-order valence-corrected chi connectivity index (χ1v) is 6.95. The summed E-state index contributed by atoms with van der Waals surface area (Å²) in [4.78, 5) is 4.03. The summed E-state index contributed by atoms with van der Waals surface area (Å²) in [7, 11) is 0. The van der Waals surface area contributed by atoms with Gasteiger partial charge in [-0.3, -0.25) is 5.41 Å². The van der Waals surface area contributed by atoms with E-state index in [1.807, 2.05) is 18.2 Å². The quantitative estimate of drug-likeness (QED) is 0.887. The Morgan fingerprint density at radius 1 is 1.25 bits per heavy atom. The second-order valence-electron chi connectivity index (χ2n) is 6.67. The second-order valence-corrected chi connectivity index (χ2v) is 6.67. The molecule has 1 heterocycles. The van der Waals surface area contributed by atoms with E-state index in [1.165, 1.54) is 0 Å². The number of amidine groups is 2. The molecule has 0 amide bonds. The van der Waals surface area contributed by atoms with Crippen molar-refractivity contribution in [2.75, 3.05) is 0 Å². The molecule has 0 aromatic heterocycles. The van der Waals surface area contributed by atoms with Crippen LogP contribution < -0.4 is 10.5 Å². The number of nitrogens with zero attached hydrogens (tertiary/aromatic N) is 1. The van der Waals surface area contributed by atoms with Gasteiger partial charge in [0.15, 0.2) is 5.84 Å². The smallest absolute Gasteiger partial charge is 0.155 e. The minimum absolute atomic E-state index is 0.0227. The Morgan fingerprint density at radius 2 is 1.90 bits per heavy atom. The van der Waals surface area contributed by atoms with E-state index in [2.05, 4.69) is 39.6 Å². The summed E-state index contributed by atoms with van der Waals surface area (Å²) in [5, 5.41) is 7.82. The lowest BCUT2D eigenvalue weighted by atomic mass is 9.82. The Kier molecular flexibility index (Phi) is 3.59. The largest absolute Gasteiger partial charge is 0.489 e. The fourth-order valence-corrected chi connectivity index (χ4v) is 2.78. The third-order valence-corrected chi connectivity index (χ3v) is 3.48. The molecule has 1 aromatic carbocycles. The van der Waals surface area contributed by atoms with Crippen LogP contribution in [0, 0.1) is 16.7 Å². The average Bonchev–Trinajstić information content (AvgIpc) is 2.61. The third-order valence-electron chi connectivity index (χ3n) is 3.48. The second kappa shape index (κ2) is 4.93. The normalized spacial score (nSPS) is 16.1. The van der Waals surface area contributed by atoms with Crippen LogP contribution in [0.4, 0.5) is 0 Å². The van der Waals surface area contributed by atoms with Gasteiger partial charge in [0.25, 0.3) is 0 Å². The van der Waals surface area contributed by atoms with E-state index >= 15 is 0 Å². The van der Waals surface area contributed by atoms with Gasteiger partial charge in [-0.05, 0) is 17.4 Å². The van der Waals surface area contributed by atoms with E-state index in [1.54, 1.807) is 0 Å². The van der Waals surface area contributed by atoms with Crippen molar-refractivity contribution < 1.29 is 4.74 Å². The molecule has 4 heteroatoms. The zero-order chi connectivity index (χ0) is 15.1. The van der Waals surface area contributed by atoms with Gasteiger partial charge in [0.05, 0.1) is 5.56 Å². The van der Waals surface area contributed by atoms with Crippen LogP contribution in [0.5, 0.6) is 5.75 Å². The molecule has 0 saturated heterocycles. The van der Waals surface area contributed by atoms with Crippen LogP contribution in [0.2, 0.25) is 0 Å². The summed E-state index contributed by atoms with van der Waals surface area (Å²) in [5.74, 6) is 1.68. The van der Waals surface area contributed by atoms with Crippen LogP contribution in [-0.4, -0.2) is 17.8 Å². The molecule has 1 aliphatic rings. The molecule has 3 N–H and O–H groups in total. The first-order chi connectivity index (χ1) is 9.21. The van der Waals surface area contributed by atoms with Gasteiger partial charge >= 0.3 is 0 Å². The Hall–Kier alpha value is -1.84. The number of fused-ring (bicyclic) bond motifs is 1. The van der Waals surface area contributed by atoms with E-state index in [0.29, 0.717) is 11.8 Å². The molecule has 0 aliphatic carbocycles. The number of nitrogens with one attached hydrogen (secondary N) is 1. The highest BCUT2D eigenvalue weighted by Crippen LogP contribution is 2.34. The van der Waals surface area contributed by atoms with Crippen LogP contribution in [0.1, 0.15) is 45.7 Å². The first-order valence-electron chi connectivity index (χ1n) is 6.95. The topological polar surface area (TPSA) is 71.5 Å². The van der Waals surface area contributed by atoms with Gasteiger partial charge in [-0.15, -0.1) is 0 Å². The van der Waals surface area contributed by atoms with Gasteiger partial charge in [-0.25, -0.2) is 4.99 Å². The molecule has 0 fully saturated rings. The summed E-state index contributed by atoms with van der Waals surface area (Å²) in [6.07, 6.45) is 0.0663. The van der Waals surface area contributed by atoms with E-state index in [9.17, 15) is 0 Å². The van der Waals surface area contributed by atoms with Crippen LogP contribution in [-0.2, 0) is 0 Å². The highest BCUT2D eigenvalue weighted by atomic mass is 16.5. The summed E-state index contributed by atoms with van der Waals surface area (Å²) < 4.78 is 6.24. The molecule has 4 nitrogen and oxygen atoms in total. The standard InChI is InChI=1S/C16H23N3O/c1-9(2)13(16(3,4)5)20-11-8-6-7-10-12(11)15(18)19-14(10)17/h6-9,13H,1-5H3,(H3,17,18,19). The Labute approximate surface area is 120 Å². The van der Waals surface area contributed by atoms with E-state index in [-0.39, 0.29) is 17.4 Å². The number of hydrogen-bond acceptors (Lipinski definition) is 3. The maximum atomic E-state index is 7.82. The number of hydrogen-bond donors (Lipinski definition) is 2. The van der Waals surface area contributed by atoms with Crippen molar-refractivity contribution in [1.29, 1.82) is 5.41 Å². The van der Waals surface area contributed by atoms with Crippen molar-refractivity contribution >= 4 is 11.7 Å². The lowest BCUT2D eigenvalue weighted by Crippen LogP contribution is -2.37. The van der Waals surface area contributed by atoms with Gasteiger partial charge in [0.2, 0.25) is 0 Å². The molecule has 1 unspecified atom stereocenters. The van der Waals surface area contributed by atoms with Crippen molar-refractivity contribution in [3.8, 4) is 5.75 Å². The van der Waals surface area contributed by atoms with Gasteiger partial charge in [0, 0.05) is 5.56 Å². The maximum absolute atomic E-state index is 7.82. The molecular formula is C16H23N3O. The molecule has 1 atom stereocenters. The monoisotopic (exact) mass is 273 g/mol. The van der Waals surface area contributed by atoms with Crippen molar-refractivity contribution in [3.05, 3.63) is 29.3 Å². The molecule has 2 rings (SSSR count). The maximum Gasteiger partial charge on any atom is 0.155 e. The molecule has 108 valence electrons. The number of benzene rings is 1. The lowest BCUT2D eigenvalue weighted by Gasteiger charge is -2.34. The Bertz CT molecular complexity index is 568. The molecule has 20 heavy (non-hydrogen) atoms. The SMILES string of the molecule is CC(C)C(Oc1cccc2c1C(N)=NC2=N)C(C)(C)C. The Morgan fingerprint density at radius 3 is 2.45 bits per heavy atom. The first kappa shape index (κ1) is 14.6.